The standard InChI is InChI=1S/C29H35N3O6S/c1-16(2)8-10-38-23-7-6-19(14-24(23)37-5)28-25-26(21-12-17(3)18(4)13-22(21)33)30-31-27(25)29(34)32(28)20-9-11-39(35,36)15-20/h6-7,12-14,16,20,28,33H,8-11,15H2,1-5H3,(H,30,31). The normalized spacial score (nSPS) is 20.1. The Kier molecular flexibility index (Phi) is 7.09. The van der Waals surface area contributed by atoms with Gasteiger partial charge in [-0.05, 0) is 73.6 Å². The summed E-state index contributed by atoms with van der Waals surface area (Å²) in [6.45, 7) is 8.67. The Hall–Kier alpha value is -3.53. The number of sulfone groups is 1. The highest BCUT2D eigenvalue weighted by atomic mass is 32.2. The van der Waals surface area contributed by atoms with Crippen molar-refractivity contribution >= 4 is 15.7 Å². The molecule has 0 spiro atoms. The molecule has 3 heterocycles. The number of carbonyl (C=O) groups is 1. The molecule has 3 aromatic rings. The third kappa shape index (κ3) is 4.97. The number of ether oxygens (including phenoxy) is 2. The Balaban J connectivity index is 1.63. The van der Waals surface area contributed by atoms with Crippen LogP contribution in [0, 0.1) is 19.8 Å². The van der Waals surface area contributed by atoms with E-state index in [2.05, 4.69) is 24.0 Å². The molecular weight excluding hydrogens is 518 g/mol. The Morgan fingerprint density at radius 2 is 1.90 bits per heavy atom. The van der Waals surface area contributed by atoms with E-state index in [0.29, 0.717) is 53.0 Å². The molecule has 1 saturated heterocycles. The summed E-state index contributed by atoms with van der Waals surface area (Å²) in [5.74, 6) is 1.32. The summed E-state index contributed by atoms with van der Waals surface area (Å²) in [6, 6.07) is 7.98. The van der Waals surface area contributed by atoms with Gasteiger partial charge in [-0.3, -0.25) is 9.89 Å². The van der Waals surface area contributed by atoms with Crippen LogP contribution in [0.15, 0.2) is 30.3 Å². The van der Waals surface area contributed by atoms with Gasteiger partial charge in [0.2, 0.25) is 0 Å². The average molecular weight is 554 g/mol. The summed E-state index contributed by atoms with van der Waals surface area (Å²) in [5.41, 5.74) is 4.53. The lowest BCUT2D eigenvalue weighted by atomic mass is 9.93. The molecule has 2 aliphatic rings. The van der Waals surface area contributed by atoms with Crippen LogP contribution in [0.25, 0.3) is 11.3 Å². The minimum atomic E-state index is -3.25. The Bertz CT molecular complexity index is 1530. The maximum Gasteiger partial charge on any atom is 0.273 e. The number of nitrogens with zero attached hydrogens (tertiary/aromatic N) is 2. The fourth-order valence-electron chi connectivity index (χ4n) is 5.44. The van der Waals surface area contributed by atoms with Crippen molar-refractivity contribution in [3.63, 3.8) is 0 Å². The van der Waals surface area contributed by atoms with Gasteiger partial charge in [0, 0.05) is 17.2 Å². The molecule has 1 amide bonds. The summed E-state index contributed by atoms with van der Waals surface area (Å²) in [6.07, 6.45) is 1.26. The number of hydrogen-bond acceptors (Lipinski definition) is 7. The zero-order valence-electron chi connectivity index (χ0n) is 22.9. The molecule has 2 atom stereocenters. The van der Waals surface area contributed by atoms with E-state index < -0.39 is 21.9 Å². The van der Waals surface area contributed by atoms with Crippen LogP contribution in [0.4, 0.5) is 0 Å². The van der Waals surface area contributed by atoms with Gasteiger partial charge < -0.3 is 19.5 Å². The lowest BCUT2D eigenvalue weighted by molar-refractivity contribution is 0.0677. The number of rotatable bonds is 8. The molecule has 39 heavy (non-hydrogen) atoms. The minimum Gasteiger partial charge on any atom is -0.507 e. The zero-order valence-corrected chi connectivity index (χ0v) is 23.8. The number of aromatic nitrogens is 2. The Morgan fingerprint density at radius 1 is 1.15 bits per heavy atom. The van der Waals surface area contributed by atoms with Gasteiger partial charge in [0.1, 0.15) is 17.1 Å². The van der Waals surface area contributed by atoms with Gasteiger partial charge in [-0.15, -0.1) is 0 Å². The van der Waals surface area contributed by atoms with E-state index in [4.69, 9.17) is 9.47 Å². The largest absolute Gasteiger partial charge is 0.507 e. The van der Waals surface area contributed by atoms with Gasteiger partial charge in [0.05, 0.1) is 31.3 Å². The lowest BCUT2D eigenvalue weighted by Gasteiger charge is -2.31. The van der Waals surface area contributed by atoms with Gasteiger partial charge in [-0.1, -0.05) is 19.9 Å². The van der Waals surface area contributed by atoms with Crippen LogP contribution in [0.2, 0.25) is 0 Å². The quantitative estimate of drug-likeness (QED) is 0.419. The minimum absolute atomic E-state index is 0.0388. The van der Waals surface area contributed by atoms with Crippen LogP contribution in [-0.4, -0.2) is 65.8 Å². The predicted octanol–water partition coefficient (Wildman–Crippen LogP) is 4.56. The van der Waals surface area contributed by atoms with E-state index in [1.165, 1.54) is 0 Å². The van der Waals surface area contributed by atoms with E-state index >= 15 is 0 Å². The first-order valence-corrected chi connectivity index (χ1v) is 15.1. The van der Waals surface area contributed by atoms with Crippen molar-refractivity contribution in [1.29, 1.82) is 0 Å². The van der Waals surface area contributed by atoms with Gasteiger partial charge >= 0.3 is 0 Å². The molecule has 0 aliphatic carbocycles. The van der Waals surface area contributed by atoms with Crippen molar-refractivity contribution in [2.24, 2.45) is 5.92 Å². The summed E-state index contributed by atoms with van der Waals surface area (Å²) in [5, 5.41) is 18.2. The van der Waals surface area contributed by atoms with Crippen LogP contribution < -0.4 is 9.47 Å². The number of H-pyrrole nitrogens is 1. The Morgan fingerprint density at radius 3 is 2.56 bits per heavy atom. The van der Waals surface area contributed by atoms with Crippen molar-refractivity contribution in [2.45, 2.75) is 52.6 Å². The van der Waals surface area contributed by atoms with E-state index in [-0.39, 0.29) is 23.2 Å². The second-order valence-corrected chi connectivity index (χ2v) is 13.2. The Labute approximate surface area is 229 Å². The number of hydrogen-bond donors (Lipinski definition) is 2. The lowest BCUT2D eigenvalue weighted by Crippen LogP contribution is -2.40. The summed E-state index contributed by atoms with van der Waals surface area (Å²) >= 11 is 0. The van der Waals surface area contributed by atoms with Crippen LogP contribution >= 0.6 is 0 Å². The number of fused-ring (bicyclic) bond motifs is 1. The number of aromatic amines is 1. The molecule has 0 bridgehead atoms. The SMILES string of the molecule is COc1cc(C2c3c(-c4cc(C)c(C)cc4O)n[nH]c3C(=O)N2C2CCS(=O)(=O)C2)ccc1OCCC(C)C. The van der Waals surface area contributed by atoms with E-state index in [9.17, 15) is 18.3 Å². The number of nitrogens with one attached hydrogen (secondary N) is 1. The first kappa shape index (κ1) is 27.1. The number of methoxy groups -OCH3 is 1. The third-order valence-corrected chi connectivity index (χ3v) is 9.48. The van der Waals surface area contributed by atoms with E-state index in [1.807, 2.05) is 38.1 Å². The van der Waals surface area contributed by atoms with Crippen LogP contribution in [-0.2, 0) is 9.84 Å². The molecule has 1 fully saturated rings. The maximum atomic E-state index is 13.8. The highest BCUT2D eigenvalue weighted by Crippen LogP contribution is 2.48. The first-order chi connectivity index (χ1) is 18.5. The van der Waals surface area contributed by atoms with Crippen molar-refractivity contribution < 1.29 is 27.8 Å². The second kappa shape index (κ2) is 10.2. The zero-order chi connectivity index (χ0) is 28.1. The topological polar surface area (TPSA) is 122 Å². The number of amides is 1. The smallest absolute Gasteiger partial charge is 0.273 e. The molecule has 2 aromatic carbocycles. The molecule has 2 aliphatic heterocycles. The van der Waals surface area contributed by atoms with Crippen molar-refractivity contribution in [3.05, 3.63) is 58.3 Å². The molecule has 2 N–H and O–H groups in total. The number of aryl methyl sites for hydroxylation is 2. The third-order valence-electron chi connectivity index (χ3n) is 7.73. The van der Waals surface area contributed by atoms with Gasteiger partial charge in [-0.2, -0.15) is 5.10 Å². The van der Waals surface area contributed by atoms with Crippen molar-refractivity contribution in [3.8, 4) is 28.5 Å². The molecule has 208 valence electrons. The highest BCUT2D eigenvalue weighted by Gasteiger charge is 2.48. The molecule has 10 heteroatoms. The van der Waals surface area contributed by atoms with Crippen LogP contribution in [0.3, 0.4) is 0 Å². The van der Waals surface area contributed by atoms with Crippen molar-refractivity contribution in [1.82, 2.24) is 15.1 Å². The van der Waals surface area contributed by atoms with Gasteiger partial charge in [0.15, 0.2) is 21.3 Å². The van der Waals surface area contributed by atoms with Crippen LogP contribution in [0.5, 0.6) is 17.2 Å². The number of phenols is 1. The molecule has 9 nitrogen and oxygen atoms in total. The fraction of sp³-hybridized carbons (Fsp3) is 0.448. The molecular formula is C29H35N3O6S. The fourth-order valence-corrected chi connectivity index (χ4v) is 7.15. The highest BCUT2D eigenvalue weighted by molar-refractivity contribution is 7.91. The molecule has 0 saturated carbocycles. The van der Waals surface area contributed by atoms with E-state index in [1.54, 1.807) is 18.1 Å². The molecule has 5 rings (SSSR count). The summed E-state index contributed by atoms with van der Waals surface area (Å²) < 4.78 is 36.5. The molecule has 1 aromatic heterocycles. The van der Waals surface area contributed by atoms with Gasteiger partial charge in [-0.25, -0.2) is 8.42 Å². The monoisotopic (exact) mass is 553 g/mol. The first-order valence-electron chi connectivity index (χ1n) is 13.2. The predicted molar refractivity (Wildman–Crippen MR) is 148 cm³/mol. The van der Waals surface area contributed by atoms with E-state index in [0.717, 1.165) is 23.1 Å². The van der Waals surface area contributed by atoms with Crippen LogP contribution in [0.1, 0.15) is 65.5 Å². The molecule has 0 radical (unpaired) electrons. The molecule has 2 unspecified atom stereocenters. The number of phenolic OH excluding ortho intramolecular Hbond substituents is 1. The maximum absolute atomic E-state index is 13.8. The summed E-state index contributed by atoms with van der Waals surface area (Å²) in [4.78, 5) is 15.5. The number of aromatic hydroxyl groups is 1. The second-order valence-electron chi connectivity index (χ2n) is 10.9. The number of benzene rings is 2. The van der Waals surface area contributed by atoms with Crippen molar-refractivity contribution in [2.75, 3.05) is 25.2 Å². The average Bonchev–Trinajstić information content (AvgIpc) is 3.54. The van der Waals surface area contributed by atoms with Gasteiger partial charge in [0.25, 0.3) is 5.91 Å². The number of carbonyl (C=O) groups excluding carboxylic acids is 1. The summed E-state index contributed by atoms with van der Waals surface area (Å²) in [7, 11) is -1.69.